The Labute approximate surface area is 156 Å². The maximum Gasteiger partial charge on any atom is 0.435 e. The van der Waals surface area contributed by atoms with Gasteiger partial charge in [0.15, 0.2) is 5.69 Å². The average molecular weight is 413 g/mol. The number of rotatable bonds is 5. The van der Waals surface area contributed by atoms with Gasteiger partial charge < -0.3 is 4.18 Å². The molecule has 0 aliphatic heterocycles. The maximum atomic E-state index is 13.0. The van der Waals surface area contributed by atoms with Crippen LogP contribution in [-0.4, -0.2) is 23.1 Å². The summed E-state index contributed by atoms with van der Waals surface area (Å²) in [6.07, 6.45) is -4.82. The minimum absolute atomic E-state index is 0.145. The maximum absolute atomic E-state index is 13.0. The lowest BCUT2D eigenvalue weighted by Crippen LogP contribution is -2.12. The quantitative estimate of drug-likeness (QED) is 0.360. The van der Waals surface area contributed by atoms with Crippen molar-refractivity contribution in [2.24, 2.45) is 0 Å². The van der Waals surface area contributed by atoms with E-state index in [9.17, 15) is 31.7 Å². The van der Waals surface area contributed by atoms with E-state index in [0.717, 1.165) is 24.3 Å². The van der Waals surface area contributed by atoms with Crippen molar-refractivity contribution in [3.8, 4) is 11.6 Å². The third-order valence-corrected chi connectivity index (χ3v) is 4.74. The number of para-hydroxylation sites is 1. The van der Waals surface area contributed by atoms with Crippen molar-refractivity contribution in [3.05, 3.63) is 76.5 Å². The van der Waals surface area contributed by atoms with Crippen molar-refractivity contribution in [3.63, 3.8) is 0 Å². The zero-order valence-electron chi connectivity index (χ0n) is 13.7. The van der Waals surface area contributed by atoms with E-state index in [4.69, 9.17) is 4.18 Å². The molecule has 0 saturated carbocycles. The number of alkyl halides is 3. The summed E-state index contributed by atoms with van der Waals surface area (Å²) in [6.45, 7) is 0. The van der Waals surface area contributed by atoms with Gasteiger partial charge in [-0.2, -0.15) is 31.4 Å². The molecule has 1 heterocycles. The van der Waals surface area contributed by atoms with Gasteiger partial charge in [-0.1, -0.05) is 18.2 Å². The fourth-order valence-corrected chi connectivity index (χ4v) is 3.12. The first-order valence-corrected chi connectivity index (χ1v) is 8.90. The molecule has 0 N–H and O–H groups in total. The molecule has 3 aromatic rings. The molecule has 0 unspecified atom stereocenters. The Hall–Kier alpha value is -3.41. The molecule has 0 saturated heterocycles. The van der Waals surface area contributed by atoms with Gasteiger partial charge in [-0.3, -0.25) is 10.1 Å². The minimum Gasteiger partial charge on any atom is -0.358 e. The van der Waals surface area contributed by atoms with Gasteiger partial charge in [0.25, 0.3) is 5.69 Å². The number of aromatic nitrogens is 2. The second kappa shape index (κ2) is 6.96. The molecule has 146 valence electrons. The molecule has 3 rings (SSSR count). The molecule has 1 aromatic heterocycles. The van der Waals surface area contributed by atoms with E-state index in [1.807, 2.05) is 0 Å². The summed E-state index contributed by atoms with van der Waals surface area (Å²) in [6, 6.07) is 11.7. The summed E-state index contributed by atoms with van der Waals surface area (Å²) in [5.74, 6) is -0.683. The molecule has 12 heteroatoms. The highest BCUT2D eigenvalue weighted by Gasteiger charge is 2.36. The molecule has 28 heavy (non-hydrogen) atoms. The smallest absolute Gasteiger partial charge is 0.358 e. The summed E-state index contributed by atoms with van der Waals surface area (Å²) in [5.41, 5.74) is -1.55. The Bertz CT molecular complexity index is 1110. The molecule has 0 bridgehead atoms. The molecule has 0 radical (unpaired) electrons. The monoisotopic (exact) mass is 413 g/mol. The Kier molecular flexibility index (Phi) is 4.81. The van der Waals surface area contributed by atoms with Crippen LogP contribution in [-0.2, 0) is 16.3 Å². The van der Waals surface area contributed by atoms with Crippen LogP contribution in [0.2, 0.25) is 0 Å². The van der Waals surface area contributed by atoms with Crippen molar-refractivity contribution in [2.75, 3.05) is 0 Å². The Morgan fingerprint density at radius 3 is 2.18 bits per heavy atom. The number of nitrogens with zero attached hydrogens (tertiary/aromatic N) is 3. The van der Waals surface area contributed by atoms with Crippen LogP contribution in [0.15, 0.2) is 65.6 Å². The van der Waals surface area contributed by atoms with E-state index < -0.39 is 37.7 Å². The van der Waals surface area contributed by atoms with E-state index >= 15 is 0 Å². The largest absolute Gasteiger partial charge is 0.435 e. The summed E-state index contributed by atoms with van der Waals surface area (Å²) in [7, 11) is -4.57. The second-order valence-electron chi connectivity index (χ2n) is 5.40. The highest BCUT2D eigenvalue weighted by atomic mass is 32.2. The second-order valence-corrected chi connectivity index (χ2v) is 6.95. The van der Waals surface area contributed by atoms with E-state index in [-0.39, 0.29) is 11.4 Å². The highest BCUT2D eigenvalue weighted by Crippen LogP contribution is 2.33. The van der Waals surface area contributed by atoms with E-state index in [0.29, 0.717) is 10.7 Å². The summed E-state index contributed by atoms with van der Waals surface area (Å²) in [4.78, 5) is 9.47. The molecule has 0 fully saturated rings. The summed E-state index contributed by atoms with van der Waals surface area (Å²) in [5, 5.41) is 14.0. The Morgan fingerprint density at radius 1 is 1.04 bits per heavy atom. The molecule has 2 aromatic carbocycles. The first-order chi connectivity index (χ1) is 13.1. The normalized spacial score (nSPS) is 12.0. The van der Waals surface area contributed by atoms with Gasteiger partial charge in [-0.05, 0) is 24.3 Å². The van der Waals surface area contributed by atoms with Crippen molar-refractivity contribution in [2.45, 2.75) is 11.1 Å². The Balaban J connectivity index is 2.03. The molecule has 0 spiro atoms. The van der Waals surface area contributed by atoms with Crippen LogP contribution < -0.4 is 4.18 Å². The van der Waals surface area contributed by atoms with Gasteiger partial charge in [-0.25, -0.2) is 0 Å². The fourth-order valence-electron chi connectivity index (χ4n) is 2.21. The van der Waals surface area contributed by atoms with Gasteiger partial charge >= 0.3 is 16.3 Å². The number of nitro groups is 1. The Morgan fingerprint density at radius 2 is 1.64 bits per heavy atom. The zero-order chi connectivity index (χ0) is 20.5. The molecular weight excluding hydrogens is 403 g/mol. The van der Waals surface area contributed by atoms with Crippen LogP contribution in [0.1, 0.15) is 5.69 Å². The number of hydrogen-bond donors (Lipinski definition) is 0. The topological polar surface area (TPSA) is 104 Å². The van der Waals surface area contributed by atoms with Gasteiger partial charge in [0, 0.05) is 18.2 Å². The van der Waals surface area contributed by atoms with Crippen molar-refractivity contribution in [1.82, 2.24) is 9.78 Å². The predicted octanol–water partition coefficient (Wildman–Crippen LogP) is 3.57. The molecule has 0 amide bonds. The number of halogens is 3. The summed E-state index contributed by atoms with van der Waals surface area (Å²) < 4.78 is 69.5. The molecule has 0 aliphatic carbocycles. The van der Waals surface area contributed by atoms with Crippen LogP contribution >= 0.6 is 0 Å². The molecule has 8 nitrogen and oxygen atoms in total. The average Bonchev–Trinajstić information content (AvgIpc) is 3.06. The van der Waals surface area contributed by atoms with Crippen LogP contribution in [0.4, 0.5) is 18.9 Å². The first-order valence-electron chi connectivity index (χ1n) is 7.49. The standard InChI is InChI=1S/C16H10F3N3O5S/c17-16(18,19)14-10-15(21(20-14)11-4-2-1-3-5-11)27-28(25,26)13-8-6-12(7-9-13)22(23)24/h1-10H. The SMILES string of the molecule is O=[N+]([O-])c1ccc(S(=O)(=O)Oc2cc(C(F)(F)F)nn2-c2ccccc2)cc1. The summed E-state index contributed by atoms with van der Waals surface area (Å²) >= 11 is 0. The zero-order valence-corrected chi connectivity index (χ0v) is 14.5. The molecular formula is C16H10F3N3O5S. The highest BCUT2D eigenvalue weighted by molar-refractivity contribution is 7.87. The lowest BCUT2D eigenvalue weighted by Gasteiger charge is -2.09. The first kappa shape index (κ1) is 19.4. The van der Waals surface area contributed by atoms with E-state index in [1.54, 1.807) is 6.07 Å². The van der Waals surface area contributed by atoms with Crippen LogP contribution in [0.25, 0.3) is 5.69 Å². The van der Waals surface area contributed by atoms with Crippen molar-refractivity contribution in [1.29, 1.82) is 0 Å². The minimum atomic E-state index is -4.82. The van der Waals surface area contributed by atoms with Crippen LogP contribution in [0.5, 0.6) is 5.88 Å². The third kappa shape index (κ3) is 3.96. The number of hydrogen-bond acceptors (Lipinski definition) is 6. The van der Waals surface area contributed by atoms with Crippen LogP contribution in [0.3, 0.4) is 0 Å². The van der Waals surface area contributed by atoms with Crippen molar-refractivity contribution < 1.29 is 30.7 Å². The van der Waals surface area contributed by atoms with E-state index in [2.05, 4.69) is 5.10 Å². The van der Waals surface area contributed by atoms with E-state index in [1.165, 1.54) is 24.3 Å². The van der Waals surface area contributed by atoms with Crippen LogP contribution in [0, 0.1) is 10.1 Å². The lowest BCUT2D eigenvalue weighted by atomic mass is 10.3. The van der Waals surface area contributed by atoms with Gasteiger partial charge in [0.05, 0.1) is 10.6 Å². The fraction of sp³-hybridized carbons (Fsp3) is 0.0625. The number of benzene rings is 2. The predicted molar refractivity (Wildman–Crippen MR) is 89.5 cm³/mol. The van der Waals surface area contributed by atoms with Gasteiger partial charge in [0.2, 0.25) is 5.88 Å². The van der Waals surface area contributed by atoms with Crippen molar-refractivity contribution >= 4 is 15.8 Å². The molecule has 0 atom stereocenters. The lowest BCUT2D eigenvalue weighted by molar-refractivity contribution is -0.384. The molecule has 0 aliphatic rings. The number of nitro benzene ring substituents is 1. The third-order valence-electron chi connectivity index (χ3n) is 3.50. The van der Waals surface area contributed by atoms with Gasteiger partial charge in [-0.15, -0.1) is 0 Å². The van der Waals surface area contributed by atoms with Gasteiger partial charge in [0.1, 0.15) is 4.90 Å². The number of non-ortho nitro benzene ring substituents is 1.